The Hall–Kier alpha value is -2.40. The van der Waals surface area contributed by atoms with Crippen molar-refractivity contribution in [3.8, 4) is 5.75 Å². The van der Waals surface area contributed by atoms with Gasteiger partial charge in [-0.3, -0.25) is 9.78 Å². The molecule has 0 aliphatic carbocycles. The molecule has 1 aromatic carbocycles. The van der Waals surface area contributed by atoms with Gasteiger partial charge in [-0.2, -0.15) is 0 Å². The molecule has 1 amide bonds. The van der Waals surface area contributed by atoms with E-state index >= 15 is 0 Å². The molecule has 2 atom stereocenters. The summed E-state index contributed by atoms with van der Waals surface area (Å²) in [4.78, 5) is 16.0. The number of rotatable bonds is 6. The highest BCUT2D eigenvalue weighted by Gasteiger charge is 2.22. The van der Waals surface area contributed by atoms with Gasteiger partial charge in [0.05, 0.1) is 13.1 Å². The van der Waals surface area contributed by atoms with Gasteiger partial charge in [0.2, 0.25) is 5.91 Å². The molecule has 1 aliphatic heterocycles. The number of hydrogen-bond donors (Lipinski definition) is 2. The number of benzene rings is 1. The Morgan fingerprint density at radius 2 is 2.09 bits per heavy atom. The Balaban J connectivity index is 1.39. The van der Waals surface area contributed by atoms with E-state index in [9.17, 15) is 4.79 Å². The van der Waals surface area contributed by atoms with Gasteiger partial charge in [-0.15, -0.1) is 0 Å². The van der Waals surface area contributed by atoms with Gasteiger partial charge in [0.15, 0.2) is 0 Å². The SMILES string of the molecule is CC(NCC(=O)NCC1Cc2ccccc2O1)c1ccncc1. The zero-order chi connectivity index (χ0) is 16.1. The fraction of sp³-hybridized carbons (Fsp3) is 0.333. The predicted molar refractivity (Wildman–Crippen MR) is 88.2 cm³/mol. The van der Waals surface area contributed by atoms with Gasteiger partial charge >= 0.3 is 0 Å². The molecule has 3 rings (SSSR count). The van der Waals surface area contributed by atoms with Crippen molar-refractivity contribution in [2.75, 3.05) is 13.1 Å². The molecular weight excluding hydrogens is 290 g/mol. The van der Waals surface area contributed by atoms with Crippen LogP contribution in [0.15, 0.2) is 48.8 Å². The number of carbonyl (C=O) groups is 1. The topological polar surface area (TPSA) is 63.2 Å². The van der Waals surface area contributed by atoms with E-state index in [1.54, 1.807) is 12.4 Å². The number of nitrogens with zero attached hydrogens (tertiary/aromatic N) is 1. The van der Waals surface area contributed by atoms with Gasteiger partial charge in [-0.05, 0) is 36.2 Å². The first-order valence-electron chi connectivity index (χ1n) is 7.87. The number of nitrogens with one attached hydrogen (secondary N) is 2. The highest BCUT2D eigenvalue weighted by atomic mass is 16.5. The summed E-state index contributed by atoms with van der Waals surface area (Å²) in [6.45, 7) is 2.83. The van der Waals surface area contributed by atoms with E-state index in [0.29, 0.717) is 6.54 Å². The smallest absolute Gasteiger partial charge is 0.234 e. The highest BCUT2D eigenvalue weighted by Crippen LogP contribution is 2.27. The van der Waals surface area contributed by atoms with Crippen molar-refractivity contribution in [2.45, 2.75) is 25.5 Å². The third-order valence-corrected chi connectivity index (χ3v) is 4.02. The van der Waals surface area contributed by atoms with E-state index in [1.165, 1.54) is 5.56 Å². The molecular formula is C18H21N3O2. The van der Waals surface area contributed by atoms with E-state index in [0.717, 1.165) is 17.7 Å². The lowest BCUT2D eigenvalue weighted by atomic mass is 10.1. The molecule has 23 heavy (non-hydrogen) atoms. The maximum Gasteiger partial charge on any atom is 0.234 e. The van der Waals surface area contributed by atoms with Crippen molar-refractivity contribution >= 4 is 5.91 Å². The van der Waals surface area contributed by atoms with Crippen molar-refractivity contribution in [2.24, 2.45) is 0 Å². The molecule has 0 spiro atoms. The van der Waals surface area contributed by atoms with Gasteiger partial charge in [0.25, 0.3) is 0 Å². The maximum atomic E-state index is 12.0. The Bertz CT molecular complexity index is 635. The van der Waals surface area contributed by atoms with Crippen LogP contribution in [0, 0.1) is 0 Å². The lowest BCUT2D eigenvalue weighted by Crippen LogP contribution is -2.40. The predicted octanol–water partition coefficient (Wildman–Crippen LogP) is 1.85. The number of pyridine rings is 1. The molecule has 0 radical (unpaired) electrons. The maximum absolute atomic E-state index is 12.0. The van der Waals surface area contributed by atoms with Crippen LogP contribution in [-0.4, -0.2) is 30.1 Å². The fourth-order valence-corrected chi connectivity index (χ4v) is 2.67. The lowest BCUT2D eigenvalue weighted by molar-refractivity contribution is -0.120. The van der Waals surface area contributed by atoms with Crippen molar-refractivity contribution in [1.82, 2.24) is 15.6 Å². The molecule has 5 heteroatoms. The van der Waals surface area contributed by atoms with Gasteiger partial charge in [-0.1, -0.05) is 18.2 Å². The molecule has 0 saturated carbocycles. The van der Waals surface area contributed by atoms with E-state index in [4.69, 9.17) is 4.74 Å². The summed E-state index contributed by atoms with van der Waals surface area (Å²) >= 11 is 0. The number of hydrogen-bond acceptors (Lipinski definition) is 4. The largest absolute Gasteiger partial charge is 0.488 e. The standard InChI is InChI=1S/C18H21N3O2/c1-13(14-6-8-19-9-7-14)20-12-18(22)21-11-16-10-15-4-2-3-5-17(15)23-16/h2-9,13,16,20H,10-12H2,1H3,(H,21,22). The van der Waals surface area contributed by atoms with Gasteiger partial charge in [0.1, 0.15) is 11.9 Å². The molecule has 2 aromatic rings. The normalized spacial score (nSPS) is 17.2. The lowest BCUT2D eigenvalue weighted by Gasteiger charge is -2.15. The molecule has 0 bridgehead atoms. The van der Waals surface area contributed by atoms with Crippen LogP contribution in [0.25, 0.3) is 0 Å². The van der Waals surface area contributed by atoms with Crippen LogP contribution in [0.5, 0.6) is 5.75 Å². The molecule has 2 heterocycles. The van der Waals surface area contributed by atoms with Crippen LogP contribution in [0.4, 0.5) is 0 Å². The first-order chi connectivity index (χ1) is 11.2. The Morgan fingerprint density at radius 3 is 2.87 bits per heavy atom. The molecule has 5 nitrogen and oxygen atoms in total. The van der Waals surface area contributed by atoms with Crippen LogP contribution in [0.1, 0.15) is 24.1 Å². The Kier molecular flexibility index (Phi) is 4.88. The first-order valence-corrected chi connectivity index (χ1v) is 7.87. The van der Waals surface area contributed by atoms with Crippen molar-refractivity contribution < 1.29 is 9.53 Å². The highest BCUT2D eigenvalue weighted by molar-refractivity contribution is 5.78. The van der Waals surface area contributed by atoms with Crippen molar-refractivity contribution in [3.05, 3.63) is 59.9 Å². The molecule has 0 saturated heterocycles. The first kappa shape index (κ1) is 15.5. The van der Waals surface area contributed by atoms with E-state index < -0.39 is 0 Å². The average molecular weight is 311 g/mol. The van der Waals surface area contributed by atoms with Crippen LogP contribution < -0.4 is 15.4 Å². The molecule has 2 N–H and O–H groups in total. The Labute approximate surface area is 136 Å². The number of carbonyl (C=O) groups excluding carboxylic acids is 1. The van der Waals surface area contributed by atoms with Gasteiger partial charge in [-0.25, -0.2) is 0 Å². The number of aromatic nitrogens is 1. The minimum absolute atomic E-state index is 0.0222. The van der Waals surface area contributed by atoms with Crippen LogP contribution in [-0.2, 0) is 11.2 Å². The minimum atomic E-state index is -0.0227. The van der Waals surface area contributed by atoms with Crippen LogP contribution in [0.3, 0.4) is 0 Å². The summed E-state index contributed by atoms with van der Waals surface area (Å²) in [5, 5.41) is 6.14. The van der Waals surface area contributed by atoms with Crippen LogP contribution >= 0.6 is 0 Å². The quantitative estimate of drug-likeness (QED) is 0.854. The summed E-state index contributed by atoms with van der Waals surface area (Å²) in [6, 6.07) is 12.0. The third kappa shape index (κ3) is 4.07. The number of amides is 1. The van der Waals surface area contributed by atoms with E-state index in [-0.39, 0.29) is 24.6 Å². The van der Waals surface area contributed by atoms with Crippen LogP contribution in [0.2, 0.25) is 0 Å². The monoisotopic (exact) mass is 311 g/mol. The summed E-state index contributed by atoms with van der Waals surface area (Å²) in [6.07, 6.45) is 4.37. The molecule has 1 aliphatic rings. The third-order valence-electron chi connectivity index (χ3n) is 4.02. The zero-order valence-electron chi connectivity index (χ0n) is 13.2. The summed E-state index contributed by atoms with van der Waals surface area (Å²) < 4.78 is 5.81. The summed E-state index contributed by atoms with van der Waals surface area (Å²) in [5.74, 6) is 0.904. The number of para-hydroxylation sites is 1. The second-order valence-corrected chi connectivity index (χ2v) is 5.74. The van der Waals surface area contributed by atoms with Crippen molar-refractivity contribution in [1.29, 1.82) is 0 Å². The molecule has 1 aromatic heterocycles. The van der Waals surface area contributed by atoms with E-state index in [1.807, 2.05) is 37.3 Å². The van der Waals surface area contributed by atoms with E-state index in [2.05, 4.69) is 21.7 Å². The van der Waals surface area contributed by atoms with Gasteiger partial charge < -0.3 is 15.4 Å². The summed E-state index contributed by atoms with van der Waals surface area (Å²) in [5.41, 5.74) is 2.32. The number of fused-ring (bicyclic) bond motifs is 1. The minimum Gasteiger partial charge on any atom is -0.488 e. The van der Waals surface area contributed by atoms with Crippen molar-refractivity contribution in [3.63, 3.8) is 0 Å². The zero-order valence-corrected chi connectivity index (χ0v) is 13.2. The van der Waals surface area contributed by atoms with Gasteiger partial charge in [0, 0.05) is 24.9 Å². The second kappa shape index (κ2) is 7.24. The fourth-order valence-electron chi connectivity index (χ4n) is 2.67. The molecule has 0 fully saturated rings. The Morgan fingerprint density at radius 1 is 1.30 bits per heavy atom. The number of ether oxygens (including phenoxy) is 1. The summed E-state index contributed by atoms with van der Waals surface area (Å²) in [7, 11) is 0. The molecule has 120 valence electrons. The average Bonchev–Trinajstić information content (AvgIpc) is 3.01. The molecule has 2 unspecified atom stereocenters. The second-order valence-electron chi connectivity index (χ2n) is 5.74.